The molecule has 0 bridgehead atoms. The van der Waals surface area contributed by atoms with Gasteiger partial charge in [-0.3, -0.25) is 0 Å². The molecular formula is C10H18. The molecule has 0 heterocycles. The number of hydrogen-bond acceptors (Lipinski definition) is 0. The van der Waals surface area contributed by atoms with Crippen LogP contribution in [0.3, 0.4) is 0 Å². The summed E-state index contributed by atoms with van der Waals surface area (Å²) in [6.07, 6.45) is 6.72. The Morgan fingerprint density at radius 2 is 1.70 bits per heavy atom. The van der Waals surface area contributed by atoms with Crippen molar-refractivity contribution in [3.8, 4) is 0 Å². The average Bonchev–Trinajstić information content (AvgIpc) is 1.88. The Labute approximate surface area is 64.6 Å². The Morgan fingerprint density at radius 3 is 2.10 bits per heavy atom. The van der Waals surface area contributed by atoms with Gasteiger partial charge < -0.3 is 0 Å². The van der Waals surface area contributed by atoms with Gasteiger partial charge in [-0.1, -0.05) is 30.2 Å². The van der Waals surface area contributed by atoms with Crippen LogP contribution in [-0.4, -0.2) is 0 Å². The maximum absolute atomic E-state index is 2.24. The number of hydrogen-bond donors (Lipinski definition) is 0. The molecule has 0 fully saturated rings. The van der Waals surface area contributed by atoms with E-state index in [1.807, 2.05) is 0 Å². The van der Waals surface area contributed by atoms with E-state index in [4.69, 9.17) is 0 Å². The molecule has 0 aliphatic rings. The highest BCUT2D eigenvalue weighted by atomic mass is 13.9. The first-order valence-corrected chi connectivity index (χ1v) is 3.96. The van der Waals surface area contributed by atoms with E-state index in [0.29, 0.717) is 0 Å². The first-order chi connectivity index (χ1) is 4.68. The van der Waals surface area contributed by atoms with Gasteiger partial charge in [0, 0.05) is 0 Å². The molecule has 0 radical (unpaired) electrons. The molecule has 0 spiro atoms. The van der Waals surface area contributed by atoms with E-state index in [0.717, 1.165) is 12.8 Å². The molecule has 0 rings (SSSR count). The fourth-order valence-corrected chi connectivity index (χ4v) is 0.631. The van der Waals surface area contributed by atoms with Gasteiger partial charge in [-0.25, -0.2) is 0 Å². The van der Waals surface area contributed by atoms with E-state index < -0.39 is 0 Å². The van der Waals surface area contributed by atoms with E-state index in [-0.39, 0.29) is 0 Å². The van der Waals surface area contributed by atoms with Crippen molar-refractivity contribution in [2.45, 2.75) is 40.5 Å². The van der Waals surface area contributed by atoms with E-state index >= 15 is 0 Å². The van der Waals surface area contributed by atoms with Crippen LogP contribution in [0.25, 0.3) is 0 Å². The van der Waals surface area contributed by atoms with Crippen LogP contribution in [-0.2, 0) is 0 Å². The molecule has 0 saturated heterocycles. The van der Waals surface area contributed by atoms with Crippen molar-refractivity contribution in [3.05, 3.63) is 23.3 Å². The lowest BCUT2D eigenvalue weighted by molar-refractivity contribution is 1.11. The monoisotopic (exact) mass is 138 g/mol. The molecule has 10 heavy (non-hydrogen) atoms. The smallest absolute Gasteiger partial charge is 0.0139 e. The summed E-state index contributed by atoms with van der Waals surface area (Å²) < 4.78 is 0. The molecule has 0 saturated carbocycles. The van der Waals surface area contributed by atoms with Crippen molar-refractivity contribution in [1.29, 1.82) is 0 Å². The summed E-state index contributed by atoms with van der Waals surface area (Å²) in [5.41, 5.74) is 2.94. The van der Waals surface area contributed by atoms with Crippen LogP contribution in [0.4, 0.5) is 0 Å². The molecule has 0 aliphatic carbocycles. The van der Waals surface area contributed by atoms with Gasteiger partial charge in [-0.15, -0.1) is 0 Å². The second kappa shape index (κ2) is 5.28. The molecular weight excluding hydrogens is 120 g/mol. The summed E-state index contributed by atoms with van der Waals surface area (Å²) in [7, 11) is 0. The lowest BCUT2D eigenvalue weighted by Gasteiger charge is -1.97. The molecule has 0 aromatic rings. The van der Waals surface area contributed by atoms with E-state index in [1.54, 1.807) is 0 Å². The third kappa shape index (κ3) is 4.37. The maximum Gasteiger partial charge on any atom is -0.0139 e. The van der Waals surface area contributed by atoms with E-state index in [2.05, 4.69) is 39.8 Å². The molecule has 0 aliphatic heterocycles. The van der Waals surface area contributed by atoms with Crippen molar-refractivity contribution in [1.82, 2.24) is 0 Å². The fourth-order valence-electron chi connectivity index (χ4n) is 0.631. The van der Waals surface area contributed by atoms with Crippen LogP contribution < -0.4 is 0 Å². The van der Waals surface area contributed by atoms with Crippen LogP contribution in [0.1, 0.15) is 40.5 Å². The minimum absolute atomic E-state index is 1.12. The fraction of sp³-hybridized carbons (Fsp3) is 0.600. The van der Waals surface area contributed by atoms with Gasteiger partial charge in [0.1, 0.15) is 0 Å². The minimum Gasteiger partial charge on any atom is -0.0885 e. The third-order valence-electron chi connectivity index (χ3n) is 1.68. The predicted octanol–water partition coefficient (Wildman–Crippen LogP) is 3.70. The van der Waals surface area contributed by atoms with Gasteiger partial charge in [-0.2, -0.15) is 0 Å². The SMILES string of the molecule is CC/C=C\CC(C)=C(C)C. The second-order valence-corrected chi connectivity index (χ2v) is 2.86. The Balaban J connectivity index is 3.70. The van der Waals surface area contributed by atoms with E-state index in [9.17, 15) is 0 Å². The summed E-state index contributed by atoms with van der Waals surface area (Å²) in [5, 5.41) is 0. The quantitative estimate of drug-likeness (QED) is 0.522. The molecule has 0 aromatic carbocycles. The molecule has 0 unspecified atom stereocenters. The summed E-state index contributed by atoms with van der Waals surface area (Å²) in [4.78, 5) is 0. The van der Waals surface area contributed by atoms with Gasteiger partial charge in [0.15, 0.2) is 0 Å². The van der Waals surface area contributed by atoms with Gasteiger partial charge in [0.05, 0.1) is 0 Å². The zero-order valence-corrected chi connectivity index (χ0v) is 7.57. The summed E-state index contributed by atoms with van der Waals surface area (Å²) in [6.45, 7) is 8.67. The van der Waals surface area contributed by atoms with E-state index in [1.165, 1.54) is 11.1 Å². The second-order valence-electron chi connectivity index (χ2n) is 2.86. The highest BCUT2D eigenvalue weighted by molar-refractivity contribution is 5.10. The average molecular weight is 138 g/mol. The highest BCUT2D eigenvalue weighted by Crippen LogP contribution is 2.07. The predicted molar refractivity (Wildman–Crippen MR) is 48.1 cm³/mol. The molecule has 0 N–H and O–H groups in total. The Kier molecular flexibility index (Phi) is 5.00. The zero-order chi connectivity index (χ0) is 7.98. The normalized spacial score (nSPS) is 10.4. The van der Waals surface area contributed by atoms with Gasteiger partial charge >= 0.3 is 0 Å². The van der Waals surface area contributed by atoms with Crippen LogP contribution in [0.5, 0.6) is 0 Å². The van der Waals surface area contributed by atoms with Crippen molar-refractivity contribution < 1.29 is 0 Å². The van der Waals surface area contributed by atoms with Crippen LogP contribution in [0.15, 0.2) is 23.3 Å². The topological polar surface area (TPSA) is 0 Å². The first-order valence-electron chi connectivity index (χ1n) is 3.96. The molecule has 0 nitrogen and oxygen atoms in total. The van der Waals surface area contributed by atoms with Crippen LogP contribution >= 0.6 is 0 Å². The Morgan fingerprint density at radius 1 is 1.10 bits per heavy atom. The lowest BCUT2D eigenvalue weighted by atomic mass is 10.1. The molecule has 58 valence electrons. The first kappa shape index (κ1) is 9.48. The van der Waals surface area contributed by atoms with Crippen molar-refractivity contribution >= 4 is 0 Å². The Bertz CT molecular complexity index is 134. The molecule has 0 aromatic heterocycles. The summed E-state index contributed by atoms with van der Waals surface area (Å²) in [6, 6.07) is 0. The van der Waals surface area contributed by atoms with Crippen molar-refractivity contribution in [2.75, 3.05) is 0 Å². The molecule has 0 amide bonds. The van der Waals surface area contributed by atoms with Crippen LogP contribution in [0, 0.1) is 0 Å². The number of allylic oxidation sites excluding steroid dienone is 4. The van der Waals surface area contributed by atoms with Crippen molar-refractivity contribution in [3.63, 3.8) is 0 Å². The third-order valence-corrected chi connectivity index (χ3v) is 1.68. The largest absolute Gasteiger partial charge is 0.0885 e. The maximum atomic E-state index is 2.24. The van der Waals surface area contributed by atoms with Gasteiger partial charge in [-0.05, 0) is 33.6 Å². The minimum atomic E-state index is 1.12. The summed E-state index contributed by atoms with van der Waals surface area (Å²) in [5.74, 6) is 0. The standard InChI is InChI=1S/C10H18/c1-5-6-7-8-10(4)9(2)3/h6-7H,5,8H2,1-4H3/b7-6-. The van der Waals surface area contributed by atoms with Crippen LogP contribution in [0.2, 0.25) is 0 Å². The summed E-state index contributed by atoms with van der Waals surface area (Å²) >= 11 is 0. The zero-order valence-electron chi connectivity index (χ0n) is 7.57. The van der Waals surface area contributed by atoms with Gasteiger partial charge in [0.2, 0.25) is 0 Å². The lowest BCUT2D eigenvalue weighted by Crippen LogP contribution is -1.76. The number of rotatable bonds is 3. The van der Waals surface area contributed by atoms with Gasteiger partial charge in [0.25, 0.3) is 0 Å². The molecule has 0 atom stereocenters. The Hall–Kier alpha value is -0.520. The van der Waals surface area contributed by atoms with Crippen molar-refractivity contribution in [2.24, 2.45) is 0 Å². The highest BCUT2D eigenvalue weighted by Gasteiger charge is 1.86. The molecule has 0 heteroatoms.